The molecule has 1 saturated carbocycles. The number of carbonyl (C=O) groups is 4. The summed E-state index contributed by atoms with van der Waals surface area (Å²) in [5.74, 6) is -2.20. The van der Waals surface area contributed by atoms with E-state index in [1.165, 1.54) is 12.1 Å². The van der Waals surface area contributed by atoms with E-state index in [2.05, 4.69) is 24.5 Å². The minimum absolute atomic E-state index is 0.120. The molecule has 4 amide bonds. The number of anilines is 1. The van der Waals surface area contributed by atoms with Gasteiger partial charge < -0.3 is 15.4 Å². The molecule has 1 aromatic rings. The van der Waals surface area contributed by atoms with Crippen molar-refractivity contribution in [2.45, 2.75) is 52.5 Å². The van der Waals surface area contributed by atoms with Crippen LogP contribution in [0, 0.1) is 24.1 Å². The third kappa shape index (κ3) is 5.03. The number of urea groups is 1. The van der Waals surface area contributed by atoms with E-state index in [0.29, 0.717) is 18.4 Å². The molecule has 31 heavy (non-hydrogen) atoms. The van der Waals surface area contributed by atoms with Crippen molar-refractivity contribution in [2.75, 3.05) is 18.5 Å². The van der Waals surface area contributed by atoms with Gasteiger partial charge in [-0.05, 0) is 55.2 Å². The second-order valence-electron chi connectivity index (χ2n) is 9.43. The number of rotatable bonds is 5. The zero-order chi connectivity index (χ0) is 23.0. The molecule has 8 nitrogen and oxygen atoms in total. The van der Waals surface area contributed by atoms with Gasteiger partial charge in [-0.15, -0.1) is 0 Å². The smallest absolute Gasteiger partial charge is 0.326 e. The van der Waals surface area contributed by atoms with E-state index >= 15 is 0 Å². The summed E-state index contributed by atoms with van der Waals surface area (Å²) in [6.07, 6.45) is 1.96. The number of carbonyl (C=O) groups excluding carboxylic acids is 4. The zero-order valence-corrected chi connectivity index (χ0v) is 18.2. The SMILES string of the molecule is Cc1ccc(NC(=O)COC(=O)CN2C(=O)N[C@@]3(C[C@@H](C)CC(C)(C)C3)C2=O)cc1F. The molecular weight excluding hydrogens is 405 g/mol. The van der Waals surface area contributed by atoms with Gasteiger partial charge >= 0.3 is 12.0 Å². The van der Waals surface area contributed by atoms with Crippen LogP contribution < -0.4 is 10.6 Å². The van der Waals surface area contributed by atoms with E-state index in [1.54, 1.807) is 6.92 Å². The molecule has 1 spiro atoms. The topological polar surface area (TPSA) is 105 Å². The van der Waals surface area contributed by atoms with Crippen LogP contribution in [0.2, 0.25) is 0 Å². The Morgan fingerprint density at radius 3 is 2.65 bits per heavy atom. The lowest BCUT2D eigenvalue weighted by atomic mass is 9.64. The maximum absolute atomic E-state index is 13.6. The zero-order valence-electron chi connectivity index (χ0n) is 18.2. The number of nitrogens with zero attached hydrogens (tertiary/aromatic N) is 1. The number of benzene rings is 1. The molecule has 0 unspecified atom stereocenters. The first kappa shape index (κ1) is 22.7. The van der Waals surface area contributed by atoms with Crippen LogP contribution >= 0.6 is 0 Å². The summed E-state index contributed by atoms with van der Waals surface area (Å²) in [6, 6.07) is 3.57. The molecule has 0 radical (unpaired) electrons. The molecule has 1 aromatic carbocycles. The molecule has 1 saturated heterocycles. The number of esters is 1. The first-order valence-electron chi connectivity index (χ1n) is 10.3. The summed E-state index contributed by atoms with van der Waals surface area (Å²) >= 11 is 0. The molecule has 2 aliphatic rings. The fraction of sp³-hybridized carbons (Fsp3) is 0.545. The van der Waals surface area contributed by atoms with Gasteiger partial charge in [0.1, 0.15) is 17.9 Å². The van der Waals surface area contributed by atoms with Gasteiger partial charge in [-0.25, -0.2) is 9.18 Å². The maximum Gasteiger partial charge on any atom is 0.326 e. The summed E-state index contributed by atoms with van der Waals surface area (Å²) in [5.41, 5.74) is -0.462. The molecule has 168 valence electrons. The molecule has 2 atom stereocenters. The number of imide groups is 1. The van der Waals surface area contributed by atoms with E-state index in [-0.39, 0.29) is 17.0 Å². The van der Waals surface area contributed by atoms with Crippen LogP contribution in [-0.4, -0.2) is 47.4 Å². The van der Waals surface area contributed by atoms with E-state index in [9.17, 15) is 23.6 Å². The van der Waals surface area contributed by atoms with Crippen LogP contribution in [-0.2, 0) is 19.1 Å². The predicted octanol–water partition coefficient (Wildman–Crippen LogP) is 2.75. The van der Waals surface area contributed by atoms with E-state index in [1.807, 2.05) is 6.92 Å². The number of hydrogen-bond acceptors (Lipinski definition) is 5. The first-order chi connectivity index (χ1) is 14.4. The van der Waals surface area contributed by atoms with Crippen LogP contribution in [0.25, 0.3) is 0 Å². The highest BCUT2D eigenvalue weighted by Crippen LogP contribution is 2.46. The number of hydrogen-bond donors (Lipinski definition) is 2. The van der Waals surface area contributed by atoms with Crippen molar-refractivity contribution in [3.63, 3.8) is 0 Å². The highest BCUT2D eigenvalue weighted by Gasteiger charge is 2.56. The Bertz CT molecular complexity index is 932. The monoisotopic (exact) mass is 433 g/mol. The van der Waals surface area contributed by atoms with Crippen molar-refractivity contribution >= 4 is 29.5 Å². The molecule has 1 heterocycles. The second-order valence-corrected chi connectivity index (χ2v) is 9.43. The molecule has 9 heteroatoms. The van der Waals surface area contributed by atoms with Crippen molar-refractivity contribution in [3.8, 4) is 0 Å². The van der Waals surface area contributed by atoms with Crippen LogP contribution in [0.15, 0.2) is 18.2 Å². The van der Waals surface area contributed by atoms with Gasteiger partial charge in [0, 0.05) is 5.69 Å². The lowest BCUT2D eigenvalue weighted by Crippen LogP contribution is -2.54. The minimum Gasteiger partial charge on any atom is -0.454 e. The van der Waals surface area contributed by atoms with Crippen LogP contribution in [0.5, 0.6) is 0 Å². The summed E-state index contributed by atoms with van der Waals surface area (Å²) in [7, 11) is 0. The molecule has 0 bridgehead atoms. The van der Waals surface area contributed by atoms with Gasteiger partial charge in [0.05, 0.1) is 0 Å². The van der Waals surface area contributed by atoms with E-state index in [4.69, 9.17) is 4.74 Å². The average molecular weight is 433 g/mol. The van der Waals surface area contributed by atoms with Gasteiger partial charge in [0.2, 0.25) is 0 Å². The van der Waals surface area contributed by atoms with Crippen LogP contribution in [0.3, 0.4) is 0 Å². The lowest BCUT2D eigenvalue weighted by molar-refractivity contribution is -0.150. The summed E-state index contributed by atoms with van der Waals surface area (Å²) in [4.78, 5) is 50.4. The largest absolute Gasteiger partial charge is 0.454 e. The maximum atomic E-state index is 13.6. The predicted molar refractivity (Wildman–Crippen MR) is 110 cm³/mol. The van der Waals surface area contributed by atoms with Crippen LogP contribution in [0.1, 0.15) is 45.6 Å². The Balaban J connectivity index is 1.55. The van der Waals surface area contributed by atoms with Gasteiger partial charge in [0.25, 0.3) is 11.8 Å². The van der Waals surface area contributed by atoms with Gasteiger partial charge in [-0.3, -0.25) is 19.3 Å². The molecule has 0 aromatic heterocycles. The third-order valence-electron chi connectivity index (χ3n) is 5.73. The number of nitrogens with one attached hydrogen (secondary N) is 2. The summed E-state index contributed by atoms with van der Waals surface area (Å²) < 4.78 is 18.5. The molecule has 3 rings (SSSR count). The number of amides is 4. The molecular formula is C22H28FN3O5. The fourth-order valence-electron chi connectivity index (χ4n) is 4.84. The molecule has 2 N–H and O–H groups in total. The molecule has 2 fully saturated rings. The quantitative estimate of drug-likeness (QED) is 0.549. The number of aryl methyl sites for hydroxylation is 1. The van der Waals surface area contributed by atoms with E-state index in [0.717, 1.165) is 17.4 Å². The first-order valence-corrected chi connectivity index (χ1v) is 10.3. The third-order valence-corrected chi connectivity index (χ3v) is 5.73. The Hall–Kier alpha value is -2.97. The number of halogens is 1. The van der Waals surface area contributed by atoms with Crippen molar-refractivity contribution in [1.82, 2.24) is 10.2 Å². The lowest BCUT2D eigenvalue weighted by Gasteiger charge is -2.43. The van der Waals surface area contributed by atoms with Gasteiger partial charge in [0.15, 0.2) is 6.61 Å². The standard InChI is InChI=1S/C22H28FN3O5/c1-13-8-21(3,4)12-22(9-13)19(29)26(20(30)25-22)10-18(28)31-11-17(27)24-15-6-5-14(2)16(23)7-15/h5-7,13H,8-12H2,1-4H3,(H,24,27)(H,25,30)/t13-,22+/m0/s1. The Morgan fingerprint density at radius 1 is 1.29 bits per heavy atom. The van der Waals surface area contributed by atoms with Crippen molar-refractivity contribution in [1.29, 1.82) is 0 Å². The average Bonchev–Trinajstić information content (AvgIpc) is 2.84. The minimum atomic E-state index is -1.01. The van der Waals surface area contributed by atoms with Gasteiger partial charge in [-0.1, -0.05) is 26.8 Å². The second kappa shape index (κ2) is 8.28. The van der Waals surface area contributed by atoms with Crippen LogP contribution in [0.4, 0.5) is 14.9 Å². The molecule has 1 aliphatic carbocycles. The Kier molecular flexibility index (Phi) is 6.07. The Morgan fingerprint density at radius 2 is 2.00 bits per heavy atom. The Labute approximate surface area is 180 Å². The number of ether oxygens (including phenoxy) is 1. The summed E-state index contributed by atoms with van der Waals surface area (Å²) in [5, 5.41) is 5.20. The normalized spacial score (nSPS) is 24.8. The highest BCUT2D eigenvalue weighted by atomic mass is 19.1. The fourth-order valence-corrected chi connectivity index (χ4v) is 4.84. The van der Waals surface area contributed by atoms with Gasteiger partial charge in [-0.2, -0.15) is 0 Å². The van der Waals surface area contributed by atoms with Crippen molar-refractivity contribution in [2.24, 2.45) is 11.3 Å². The van der Waals surface area contributed by atoms with E-state index < -0.39 is 48.3 Å². The summed E-state index contributed by atoms with van der Waals surface area (Å²) in [6.45, 7) is 6.55. The highest BCUT2D eigenvalue weighted by molar-refractivity contribution is 6.09. The van der Waals surface area contributed by atoms with Crippen molar-refractivity contribution < 1.29 is 28.3 Å². The molecule has 1 aliphatic heterocycles. The van der Waals surface area contributed by atoms with Crippen molar-refractivity contribution in [3.05, 3.63) is 29.6 Å².